The molecule has 0 atom stereocenters. The normalized spacial score (nSPS) is 10.6. The maximum Gasteiger partial charge on any atom is 0.175 e. The van der Waals surface area contributed by atoms with E-state index in [4.69, 9.17) is 23.2 Å². The number of tetrazole rings is 1. The molecule has 0 aliphatic rings. The zero-order chi connectivity index (χ0) is 14.7. The van der Waals surface area contributed by atoms with Gasteiger partial charge >= 0.3 is 0 Å². The molecule has 7 heteroatoms. The number of anilines is 1. The molecule has 1 heterocycles. The van der Waals surface area contributed by atoms with Crippen LogP contribution in [0.2, 0.25) is 10.0 Å². The molecule has 0 aliphatic heterocycles. The van der Waals surface area contributed by atoms with Gasteiger partial charge in [0.1, 0.15) is 0 Å². The Kier molecular flexibility index (Phi) is 4.03. The van der Waals surface area contributed by atoms with E-state index >= 15 is 0 Å². The maximum atomic E-state index is 6.11. The third-order valence-electron chi connectivity index (χ3n) is 2.90. The lowest BCUT2D eigenvalue weighted by Crippen LogP contribution is -2.08. The summed E-state index contributed by atoms with van der Waals surface area (Å²) in [4.78, 5) is 0. The van der Waals surface area contributed by atoms with E-state index in [-0.39, 0.29) is 0 Å². The van der Waals surface area contributed by atoms with E-state index in [1.54, 1.807) is 22.9 Å². The molecule has 0 unspecified atom stereocenters. The first-order valence-electron chi connectivity index (χ1n) is 6.25. The van der Waals surface area contributed by atoms with Gasteiger partial charge in [-0.2, -0.15) is 4.68 Å². The molecular weight excluding hydrogens is 309 g/mol. The van der Waals surface area contributed by atoms with Gasteiger partial charge in [0.15, 0.2) is 5.82 Å². The van der Waals surface area contributed by atoms with Gasteiger partial charge in [-0.05, 0) is 40.8 Å². The summed E-state index contributed by atoms with van der Waals surface area (Å²) in [5, 5.41) is 16.1. The zero-order valence-corrected chi connectivity index (χ0v) is 12.4. The van der Waals surface area contributed by atoms with E-state index < -0.39 is 0 Å². The van der Waals surface area contributed by atoms with Crippen molar-refractivity contribution < 1.29 is 0 Å². The lowest BCUT2D eigenvalue weighted by Gasteiger charge is -2.09. The van der Waals surface area contributed by atoms with Crippen LogP contribution >= 0.6 is 23.2 Å². The van der Waals surface area contributed by atoms with Crippen molar-refractivity contribution in [2.75, 3.05) is 5.32 Å². The number of aromatic nitrogens is 4. The summed E-state index contributed by atoms with van der Waals surface area (Å²) in [6, 6.07) is 14.9. The molecule has 21 heavy (non-hydrogen) atoms. The SMILES string of the molecule is Clc1ccc(Cl)c(NCc2nnnn2-c2ccccc2)c1. The Hall–Kier alpha value is -2.11. The fourth-order valence-electron chi connectivity index (χ4n) is 1.89. The minimum Gasteiger partial charge on any atom is -0.376 e. The molecule has 3 rings (SSSR count). The van der Waals surface area contributed by atoms with Crippen LogP contribution in [0.3, 0.4) is 0 Å². The van der Waals surface area contributed by atoms with Crippen molar-refractivity contribution in [2.24, 2.45) is 0 Å². The van der Waals surface area contributed by atoms with Gasteiger partial charge in [0.05, 0.1) is 22.9 Å². The largest absolute Gasteiger partial charge is 0.376 e. The monoisotopic (exact) mass is 319 g/mol. The Bertz CT molecular complexity index is 742. The van der Waals surface area contributed by atoms with Crippen molar-refractivity contribution in [1.29, 1.82) is 0 Å². The summed E-state index contributed by atoms with van der Waals surface area (Å²) >= 11 is 12.1. The second-order valence-electron chi connectivity index (χ2n) is 4.32. The number of rotatable bonds is 4. The van der Waals surface area contributed by atoms with Crippen LogP contribution in [-0.4, -0.2) is 20.2 Å². The molecule has 106 valence electrons. The van der Waals surface area contributed by atoms with E-state index in [1.165, 1.54) is 0 Å². The van der Waals surface area contributed by atoms with Gasteiger partial charge in [0.2, 0.25) is 0 Å². The predicted molar refractivity (Wildman–Crippen MR) is 82.9 cm³/mol. The Labute approximate surface area is 131 Å². The second kappa shape index (κ2) is 6.11. The second-order valence-corrected chi connectivity index (χ2v) is 5.16. The van der Waals surface area contributed by atoms with E-state index in [2.05, 4.69) is 20.8 Å². The highest BCUT2D eigenvalue weighted by molar-refractivity contribution is 6.35. The molecule has 0 spiro atoms. The summed E-state index contributed by atoms with van der Waals surface area (Å²) in [6.45, 7) is 0.432. The topological polar surface area (TPSA) is 55.6 Å². The molecule has 0 aliphatic carbocycles. The summed E-state index contributed by atoms with van der Waals surface area (Å²) < 4.78 is 1.67. The van der Waals surface area contributed by atoms with Gasteiger partial charge in [-0.3, -0.25) is 0 Å². The van der Waals surface area contributed by atoms with Crippen LogP contribution in [0, 0.1) is 0 Å². The van der Waals surface area contributed by atoms with Crippen LogP contribution in [-0.2, 0) is 6.54 Å². The lowest BCUT2D eigenvalue weighted by atomic mass is 10.3. The van der Waals surface area contributed by atoms with Crippen LogP contribution < -0.4 is 5.32 Å². The Morgan fingerprint density at radius 2 is 1.86 bits per heavy atom. The van der Waals surface area contributed by atoms with Gasteiger partial charge in [0, 0.05) is 5.02 Å². The van der Waals surface area contributed by atoms with E-state index in [9.17, 15) is 0 Å². The third kappa shape index (κ3) is 3.15. The predicted octanol–water partition coefficient (Wildman–Crippen LogP) is 3.58. The van der Waals surface area contributed by atoms with Crippen molar-refractivity contribution >= 4 is 28.9 Å². The lowest BCUT2D eigenvalue weighted by molar-refractivity contribution is 0.768. The molecule has 0 saturated heterocycles. The van der Waals surface area contributed by atoms with Crippen molar-refractivity contribution in [1.82, 2.24) is 20.2 Å². The molecule has 0 radical (unpaired) electrons. The fourth-order valence-corrected chi connectivity index (χ4v) is 2.25. The summed E-state index contributed by atoms with van der Waals surface area (Å²) in [6.07, 6.45) is 0. The van der Waals surface area contributed by atoms with E-state index in [0.717, 1.165) is 11.4 Å². The smallest absolute Gasteiger partial charge is 0.175 e. The Balaban J connectivity index is 1.81. The maximum absolute atomic E-state index is 6.11. The molecule has 0 fully saturated rings. The summed E-state index contributed by atoms with van der Waals surface area (Å²) in [7, 11) is 0. The van der Waals surface area contributed by atoms with Crippen molar-refractivity contribution in [3.05, 3.63) is 64.4 Å². The van der Waals surface area contributed by atoms with Crippen LogP contribution in [0.25, 0.3) is 5.69 Å². The van der Waals surface area contributed by atoms with Crippen LogP contribution in [0.4, 0.5) is 5.69 Å². The van der Waals surface area contributed by atoms with Gasteiger partial charge < -0.3 is 5.32 Å². The number of halogens is 2. The molecule has 0 saturated carbocycles. The molecule has 0 amide bonds. The Morgan fingerprint density at radius 3 is 2.67 bits per heavy atom. The number of para-hydroxylation sites is 1. The first kappa shape index (κ1) is 13.9. The first-order chi connectivity index (χ1) is 10.2. The zero-order valence-electron chi connectivity index (χ0n) is 10.9. The Morgan fingerprint density at radius 1 is 1.05 bits per heavy atom. The number of nitrogens with one attached hydrogen (secondary N) is 1. The minimum absolute atomic E-state index is 0.432. The molecule has 0 bridgehead atoms. The van der Waals surface area contributed by atoms with Gasteiger partial charge in [-0.15, -0.1) is 5.10 Å². The molecule has 5 nitrogen and oxygen atoms in total. The molecule has 1 aromatic heterocycles. The average molecular weight is 320 g/mol. The van der Waals surface area contributed by atoms with E-state index in [0.29, 0.717) is 22.4 Å². The van der Waals surface area contributed by atoms with Crippen LogP contribution in [0.1, 0.15) is 5.82 Å². The highest BCUT2D eigenvalue weighted by atomic mass is 35.5. The van der Waals surface area contributed by atoms with Crippen LogP contribution in [0.15, 0.2) is 48.5 Å². The van der Waals surface area contributed by atoms with E-state index in [1.807, 2.05) is 30.3 Å². The molecule has 3 aromatic rings. The molecule has 1 N–H and O–H groups in total. The summed E-state index contributed by atoms with van der Waals surface area (Å²) in [5.41, 5.74) is 1.64. The van der Waals surface area contributed by atoms with Crippen LogP contribution in [0.5, 0.6) is 0 Å². The number of hydrogen-bond donors (Lipinski definition) is 1. The van der Waals surface area contributed by atoms with Crippen molar-refractivity contribution in [3.63, 3.8) is 0 Å². The standard InChI is InChI=1S/C14H11Cl2N5/c15-10-6-7-12(16)13(8-10)17-9-14-18-19-20-21(14)11-4-2-1-3-5-11/h1-8,17H,9H2. The highest BCUT2D eigenvalue weighted by Gasteiger charge is 2.09. The van der Waals surface area contributed by atoms with Gasteiger partial charge in [0.25, 0.3) is 0 Å². The summed E-state index contributed by atoms with van der Waals surface area (Å²) in [5.74, 6) is 0.678. The molecule has 2 aromatic carbocycles. The third-order valence-corrected chi connectivity index (χ3v) is 3.46. The highest BCUT2D eigenvalue weighted by Crippen LogP contribution is 2.25. The first-order valence-corrected chi connectivity index (χ1v) is 7.01. The molecular formula is C14H11Cl2N5. The minimum atomic E-state index is 0.432. The number of nitrogens with zero attached hydrogens (tertiary/aromatic N) is 4. The van der Waals surface area contributed by atoms with Gasteiger partial charge in [-0.1, -0.05) is 41.4 Å². The number of benzene rings is 2. The number of hydrogen-bond acceptors (Lipinski definition) is 4. The average Bonchev–Trinajstić information content (AvgIpc) is 2.97. The van der Waals surface area contributed by atoms with Gasteiger partial charge in [-0.25, -0.2) is 0 Å². The van der Waals surface area contributed by atoms with Crippen molar-refractivity contribution in [2.45, 2.75) is 6.54 Å². The van der Waals surface area contributed by atoms with Crippen molar-refractivity contribution in [3.8, 4) is 5.69 Å². The quantitative estimate of drug-likeness (QED) is 0.798. The fraction of sp³-hybridized carbons (Fsp3) is 0.0714.